The highest BCUT2D eigenvalue weighted by molar-refractivity contribution is 6.34. The van der Waals surface area contributed by atoms with Crippen LogP contribution in [-0.4, -0.2) is 77.8 Å². The standard InChI is InChI=1S/C28H37N5O7/c1-8-39-26(36)18-13-16(2)29-22(18)14-19-24-21(32-25(19)35)10-9-20(31-24)17(3)30-23(34)15-38-12-11-33(7)27(37)40-28(4,5)6/h9-10,13-14,17,29H,8,11-12,15H2,1-7H3,(H,30,34)(H,32,35)/b19-14-/t17-/m0/s1. The van der Waals surface area contributed by atoms with Crippen LogP contribution in [0.4, 0.5) is 10.5 Å². The Kier molecular flexibility index (Phi) is 9.69. The molecule has 0 unspecified atom stereocenters. The van der Waals surface area contributed by atoms with Crippen molar-refractivity contribution in [1.82, 2.24) is 20.2 Å². The molecule has 3 rings (SSSR count). The van der Waals surface area contributed by atoms with E-state index in [4.69, 9.17) is 14.2 Å². The van der Waals surface area contributed by atoms with Gasteiger partial charge in [-0.15, -0.1) is 0 Å². The van der Waals surface area contributed by atoms with Crippen LogP contribution in [0, 0.1) is 6.92 Å². The molecule has 1 atom stereocenters. The second-order valence-corrected chi connectivity index (χ2v) is 10.4. The predicted octanol–water partition coefficient (Wildman–Crippen LogP) is 3.45. The molecular weight excluding hydrogens is 518 g/mol. The van der Waals surface area contributed by atoms with Crippen molar-refractivity contribution in [2.45, 2.75) is 53.2 Å². The third kappa shape index (κ3) is 7.92. The van der Waals surface area contributed by atoms with E-state index in [0.29, 0.717) is 28.3 Å². The SMILES string of the molecule is CCOC(=O)c1cc(C)[nH]c1/C=C1\C(=O)Nc2ccc([C@H](C)NC(=O)COCCN(C)C(=O)OC(C)(C)C)nc21. The maximum absolute atomic E-state index is 12.7. The Morgan fingerprint density at radius 2 is 1.95 bits per heavy atom. The molecule has 0 spiro atoms. The first-order valence-electron chi connectivity index (χ1n) is 13.0. The zero-order valence-electron chi connectivity index (χ0n) is 24.0. The van der Waals surface area contributed by atoms with Gasteiger partial charge in [0.05, 0.1) is 53.2 Å². The van der Waals surface area contributed by atoms with E-state index in [2.05, 4.69) is 20.6 Å². The van der Waals surface area contributed by atoms with E-state index in [-0.39, 0.29) is 43.8 Å². The Hall–Kier alpha value is -4.19. The molecule has 2 aromatic heterocycles. The average Bonchev–Trinajstić information content (AvgIpc) is 3.39. The number of hydrogen-bond donors (Lipinski definition) is 3. The lowest BCUT2D eigenvalue weighted by molar-refractivity contribution is -0.126. The summed E-state index contributed by atoms with van der Waals surface area (Å²) in [6.45, 7) is 11.1. The highest BCUT2D eigenvalue weighted by Gasteiger charge is 2.28. The second kappa shape index (κ2) is 12.8. The van der Waals surface area contributed by atoms with Crippen molar-refractivity contribution in [3.63, 3.8) is 0 Å². The summed E-state index contributed by atoms with van der Waals surface area (Å²) in [7, 11) is 1.59. The van der Waals surface area contributed by atoms with Gasteiger partial charge in [-0.1, -0.05) is 0 Å². The topological polar surface area (TPSA) is 152 Å². The molecule has 0 bridgehead atoms. The number of aromatic amines is 1. The molecule has 40 heavy (non-hydrogen) atoms. The number of aromatic nitrogens is 2. The number of likely N-dealkylation sites (N-methyl/N-ethyl adjacent to an activating group) is 1. The molecule has 0 aliphatic carbocycles. The highest BCUT2D eigenvalue weighted by atomic mass is 16.6. The third-order valence-corrected chi connectivity index (χ3v) is 5.76. The van der Waals surface area contributed by atoms with Gasteiger partial charge < -0.3 is 34.7 Å². The van der Waals surface area contributed by atoms with Crippen molar-refractivity contribution in [3.05, 3.63) is 46.5 Å². The summed E-state index contributed by atoms with van der Waals surface area (Å²) in [5.74, 6) is -1.21. The number of anilines is 1. The number of esters is 1. The number of aryl methyl sites for hydroxylation is 1. The minimum absolute atomic E-state index is 0.155. The average molecular weight is 556 g/mol. The summed E-state index contributed by atoms with van der Waals surface area (Å²) in [6, 6.07) is 4.61. The number of pyridine rings is 1. The predicted molar refractivity (Wildman–Crippen MR) is 148 cm³/mol. The Balaban J connectivity index is 1.63. The molecule has 12 nitrogen and oxygen atoms in total. The van der Waals surface area contributed by atoms with Gasteiger partial charge in [0.1, 0.15) is 12.2 Å². The molecule has 3 amide bonds. The van der Waals surface area contributed by atoms with E-state index in [0.717, 1.165) is 5.69 Å². The summed E-state index contributed by atoms with van der Waals surface area (Å²) in [6.07, 6.45) is 1.10. The van der Waals surface area contributed by atoms with Crippen LogP contribution in [0.2, 0.25) is 0 Å². The van der Waals surface area contributed by atoms with Gasteiger partial charge in [0.2, 0.25) is 5.91 Å². The maximum atomic E-state index is 12.7. The van der Waals surface area contributed by atoms with Crippen LogP contribution in [0.25, 0.3) is 11.6 Å². The van der Waals surface area contributed by atoms with Gasteiger partial charge in [0, 0.05) is 19.3 Å². The van der Waals surface area contributed by atoms with Crippen LogP contribution >= 0.6 is 0 Å². The summed E-state index contributed by atoms with van der Waals surface area (Å²) < 4.78 is 15.8. The van der Waals surface area contributed by atoms with Gasteiger partial charge in [-0.2, -0.15) is 0 Å². The number of nitrogens with zero attached hydrogens (tertiary/aromatic N) is 2. The maximum Gasteiger partial charge on any atom is 0.410 e. The fourth-order valence-corrected chi connectivity index (χ4v) is 3.85. The number of carbonyl (C=O) groups is 4. The molecule has 3 heterocycles. The van der Waals surface area contributed by atoms with Crippen LogP contribution in [0.3, 0.4) is 0 Å². The number of H-pyrrole nitrogens is 1. The second-order valence-electron chi connectivity index (χ2n) is 10.4. The Morgan fingerprint density at radius 3 is 2.62 bits per heavy atom. The van der Waals surface area contributed by atoms with Crippen molar-refractivity contribution >= 4 is 41.2 Å². The van der Waals surface area contributed by atoms with Gasteiger partial charge >= 0.3 is 12.1 Å². The first-order chi connectivity index (χ1) is 18.8. The first kappa shape index (κ1) is 30.4. The van der Waals surface area contributed by atoms with Crippen LogP contribution in [0.5, 0.6) is 0 Å². The van der Waals surface area contributed by atoms with E-state index < -0.39 is 23.7 Å². The van der Waals surface area contributed by atoms with Crippen LogP contribution in [0.1, 0.15) is 73.8 Å². The molecule has 0 radical (unpaired) electrons. The molecule has 1 aliphatic rings. The minimum Gasteiger partial charge on any atom is -0.462 e. The lowest BCUT2D eigenvalue weighted by Crippen LogP contribution is -2.36. The van der Waals surface area contributed by atoms with Crippen molar-refractivity contribution in [1.29, 1.82) is 0 Å². The molecule has 216 valence electrons. The zero-order chi connectivity index (χ0) is 29.6. The largest absolute Gasteiger partial charge is 0.462 e. The first-order valence-corrected chi connectivity index (χ1v) is 13.0. The van der Waals surface area contributed by atoms with E-state index in [9.17, 15) is 19.2 Å². The van der Waals surface area contributed by atoms with Gasteiger partial charge in [-0.25, -0.2) is 14.6 Å². The molecule has 1 aliphatic heterocycles. The molecule has 0 fully saturated rings. The Labute approximate surface area is 233 Å². The number of ether oxygens (including phenoxy) is 3. The lowest BCUT2D eigenvalue weighted by Gasteiger charge is -2.24. The number of rotatable bonds is 10. The quantitative estimate of drug-likeness (QED) is 0.229. The van der Waals surface area contributed by atoms with Gasteiger partial charge in [-0.05, 0) is 65.8 Å². The van der Waals surface area contributed by atoms with Gasteiger partial charge in [0.25, 0.3) is 5.91 Å². The number of hydrogen-bond acceptors (Lipinski definition) is 8. The summed E-state index contributed by atoms with van der Waals surface area (Å²) in [4.78, 5) is 58.7. The molecule has 12 heteroatoms. The normalized spacial score (nSPS) is 14.4. The summed E-state index contributed by atoms with van der Waals surface area (Å²) in [5, 5.41) is 5.60. The smallest absolute Gasteiger partial charge is 0.410 e. The van der Waals surface area contributed by atoms with Crippen LogP contribution in [-0.2, 0) is 23.8 Å². The lowest BCUT2D eigenvalue weighted by atomic mass is 10.1. The Morgan fingerprint density at radius 1 is 1.23 bits per heavy atom. The minimum atomic E-state index is -0.597. The molecule has 0 aromatic carbocycles. The van der Waals surface area contributed by atoms with Crippen molar-refractivity contribution in [2.24, 2.45) is 0 Å². The summed E-state index contributed by atoms with van der Waals surface area (Å²) in [5.41, 5.74) is 2.65. The molecule has 2 aromatic rings. The fraction of sp³-hybridized carbons (Fsp3) is 0.464. The van der Waals surface area contributed by atoms with Crippen molar-refractivity contribution in [2.75, 3.05) is 38.7 Å². The molecular formula is C28H37N5O7. The number of fused-ring (bicyclic) bond motifs is 1. The van der Waals surface area contributed by atoms with Gasteiger partial charge in [-0.3, -0.25) is 9.59 Å². The van der Waals surface area contributed by atoms with Gasteiger partial charge in [0.15, 0.2) is 0 Å². The monoisotopic (exact) mass is 555 g/mol. The summed E-state index contributed by atoms with van der Waals surface area (Å²) >= 11 is 0. The number of carbonyl (C=O) groups excluding carboxylic acids is 4. The van der Waals surface area contributed by atoms with E-state index in [1.807, 2.05) is 0 Å². The molecule has 0 saturated heterocycles. The van der Waals surface area contributed by atoms with E-state index >= 15 is 0 Å². The third-order valence-electron chi connectivity index (χ3n) is 5.76. The molecule has 0 saturated carbocycles. The van der Waals surface area contributed by atoms with Crippen LogP contribution in [0.15, 0.2) is 18.2 Å². The van der Waals surface area contributed by atoms with Crippen LogP contribution < -0.4 is 10.6 Å². The Bertz CT molecular complexity index is 1310. The fourth-order valence-electron chi connectivity index (χ4n) is 3.85. The highest BCUT2D eigenvalue weighted by Crippen LogP contribution is 2.33. The van der Waals surface area contributed by atoms with Crippen molar-refractivity contribution in [3.8, 4) is 0 Å². The van der Waals surface area contributed by atoms with Crippen molar-refractivity contribution < 1.29 is 33.4 Å². The van der Waals surface area contributed by atoms with E-state index in [1.54, 1.807) is 72.9 Å². The number of amides is 3. The zero-order valence-corrected chi connectivity index (χ0v) is 24.0. The molecule has 3 N–H and O–H groups in total. The number of nitrogens with one attached hydrogen (secondary N) is 3. The van der Waals surface area contributed by atoms with E-state index in [1.165, 1.54) is 4.90 Å².